The summed E-state index contributed by atoms with van der Waals surface area (Å²) >= 11 is 6.20. The number of hydrogen-bond acceptors (Lipinski definition) is 5. The highest BCUT2D eigenvalue weighted by molar-refractivity contribution is 6.36. The molecule has 8 heteroatoms. The molecule has 1 aliphatic rings. The first-order chi connectivity index (χ1) is 15.0. The number of carbonyl (C=O) groups is 2. The fourth-order valence-electron chi connectivity index (χ4n) is 3.28. The van der Waals surface area contributed by atoms with Crippen molar-refractivity contribution in [3.8, 4) is 5.75 Å². The Morgan fingerprint density at radius 2 is 1.74 bits per heavy atom. The molecule has 1 N–H and O–H groups in total. The van der Waals surface area contributed by atoms with Crippen LogP contribution in [0.15, 0.2) is 72.7 Å². The first-order valence-corrected chi connectivity index (χ1v) is 9.71. The minimum absolute atomic E-state index is 0.0828. The predicted molar refractivity (Wildman–Crippen MR) is 115 cm³/mol. The molecule has 1 aliphatic heterocycles. The molecule has 1 aromatic heterocycles. The number of imide groups is 1. The molecule has 2 heterocycles. The van der Waals surface area contributed by atoms with Gasteiger partial charge in [0.15, 0.2) is 0 Å². The fraction of sp³-hybridized carbons (Fsp3) is 0.0870. The maximum atomic E-state index is 13.4. The molecule has 0 saturated heterocycles. The standard InChI is InChI=1S/C23H17ClFN3O3/c1-31-19-7-6-17(12-18(19)24)27-21-20(15-2-4-16(25)5-3-15)22(29)28(23(21)30)13-14-8-10-26-11-9-14/h2-12,27H,13H2,1H3. The van der Waals surface area contributed by atoms with E-state index in [1.807, 2.05) is 0 Å². The summed E-state index contributed by atoms with van der Waals surface area (Å²) in [5, 5.41) is 3.36. The second kappa shape index (κ2) is 8.57. The number of anilines is 1. The zero-order valence-electron chi connectivity index (χ0n) is 16.4. The van der Waals surface area contributed by atoms with Gasteiger partial charge in [-0.05, 0) is 53.6 Å². The molecule has 31 heavy (non-hydrogen) atoms. The molecule has 0 spiro atoms. The zero-order valence-corrected chi connectivity index (χ0v) is 17.2. The van der Waals surface area contributed by atoms with E-state index < -0.39 is 17.6 Å². The molecule has 0 atom stereocenters. The Morgan fingerprint density at radius 1 is 1.03 bits per heavy atom. The highest BCUT2D eigenvalue weighted by Gasteiger charge is 2.39. The van der Waals surface area contributed by atoms with Crippen molar-refractivity contribution in [2.24, 2.45) is 0 Å². The van der Waals surface area contributed by atoms with E-state index in [2.05, 4.69) is 10.3 Å². The highest BCUT2D eigenvalue weighted by atomic mass is 35.5. The predicted octanol–water partition coefficient (Wildman–Crippen LogP) is 4.27. The van der Waals surface area contributed by atoms with Crippen LogP contribution < -0.4 is 10.1 Å². The van der Waals surface area contributed by atoms with Crippen LogP contribution in [0, 0.1) is 5.82 Å². The van der Waals surface area contributed by atoms with Crippen molar-refractivity contribution in [3.63, 3.8) is 0 Å². The summed E-state index contributed by atoms with van der Waals surface area (Å²) in [7, 11) is 1.50. The summed E-state index contributed by atoms with van der Waals surface area (Å²) in [6.45, 7) is 0.0828. The lowest BCUT2D eigenvalue weighted by Gasteiger charge is -2.15. The third-order valence-electron chi connectivity index (χ3n) is 4.81. The van der Waals surface area contributed by atoms with E-state index in [4.69, 9.17) is 16.3 Å². The molecule has 3 aromatic rings. The zero-order chi connectivity index (χ0) is 22.0. The quantitative estimate of drug-likeness (QED) is 0.583. The van der Waals surface area contributed by atoms with Gasteiger partial charge in [0.1, 0.15) is 17.3 Å². The topological polar surface area (TPSA) is 71.5 Å². The number of aromatic nitrogens is 1. The maximum absolute atomic E-state index is 13.4. The Balaban J connectivity index is 1.74. The SMILES string of the molecule is COc1ccc(NC2=C(c3ccc(F)cc3)C(=O)N(Cc3ccncc3)C2=O)cc1Cl. The van der Waals surface area contributed by atoms with E-state index in [1.54, 1.807) is 42.7 Å². The molecule has 0 fully saturated rings. The summed E-state index contributed by atoms with van der Waals surface area (Å²) in [6.07, 6.45) is 3.18. The second-order valence-corrected chi connectivity index (χ2v) is 7.19. The Morgan fingerprint density at radius 3 is 2.39 bits per heavy atom. The lowest BCUT2D eigenvalue weighted by molar-refractivity contribution is -0.137. The summed E-state index contributed by atoms with van der Waals surface area (Å²) in [6, 6.07) is 13.8. The highest BCUT2D eigenvalue weighted by Crippen LogP contribution is 2.33. The number of halogens is 2. The molecular formula is C23H17ClFN3O3. The molecule has 0 saturated carbocycles. The van der Waals surface area contributed by atoms with E-state index in [0.29, 0.717) is 22.0 Å². The molecule has 156 valence electrons. The second-order valence-electron chi connectivity index (χ2n) is 6.78. The molecule has 2 amide bonds. The van der Waals surface area contributed by atoms with Crippen molar-refractivity contribution >= 4 is 34.7 Å². The van der Waals surface area contributed by atoms with Gasteiger partial charge in [0.25, 0.3) is 11.8 Å². The van der Waals surface area contributed by atoms with Crippen LogP contribution in [0.4, 0.5) is 10.1 Å². The Kier molecular flexibility index (Phi) is 5.68. The van der Waals surface area contributed by atoms with Gasteiger partial charge in [-0.1, -0.05) is 23.7 Å². The van der Waals surface area contributed by atoms with E-state index in [-0.39, 0.29) is 17.8 Å². The normalized spacial score (nSPS) is 13.7. The number of ether oxygens (including phenoxy) is 1. The van der Waals surface area contributed by atoms with Gasteiger partial charge in [-0.15, -0.1) is 0 Å². The average Bonchev–Trinajstić information content (AvgIpc) is 3.00. The van der Waals surface area contributed by atoms with Crippen molar-refractivity contribution in [2.45, 2.75) is 6.54 Å². The molecule has 6 nitrogen and oxygen atoms in total. The fourth-order valence-corrected chi connectivity index (χ4v) is 3.54. The smallest absolute Gasteiger partial charge is 0.278 e. The van der Waals surface area contributed by atoms with Crippen molar-refractivity contribution in [3.05, 3.63) is 94.7 Å². The summed E-state index contributed by atoms with van der Waals surface area (Å²) in [5.74, 6) is -0.928. The van der Waals surface area contributed by atoms with Crippen LogP contribution in [0.3, 0.4) is 0 Å². The van der Waals surface area contributed by atoms with Crippen molar-refractivity contribution < 1.29 is 18.7 Å². The van der Waals surface area contributed by atoms with Crippen LogP contribution in [0.2, 0.25) is 5.02 Å². The third-order valence-corrected chi connectivity index (χ3v) is 5.11. The third kappa shape index (κ3) is 4.13. The van der Waals surface area contributed by atoms with Crippen LogP contribution in [0.5, 0.6) is 5.75 Å². The van der Waals surface area contributed by atoms with E-state index in [9.17, 15) is 14.0 Å². The minimum Gasteiger partial charge on any atom is -0.495 e. The molecule has 2 aromatic carbocycles. The van der Waals surface area contributed by atoms with Crippen molar-refractivity contribution in [1.82, 2.24) is 9.88 Å². The van der Waals surface area contributed by atoms with E-state index >= 15 is 0 Å². The Labute approximate surface area is 182 Å². The molecule has 0 aliphatic carbocycles. The van der Waals surface area contributed by atoms with Gasteiger partial charge in [-0.3, -0.25) is 19.5 Å². The van der Waals surface area contributed by atoms with Gasteiger partial charge in [-0.25, -0.2) is 4.39 Å². The number of carbonyl (C=O) groups excluding carboxylic acids is 2. The van der Waals surface area contributed by atoms with Gasteiger partial charge in [0, 0.05) is 18.1 Å². The van der Waals surface area contributed by atoms with Gasteiger partial charge in [0.05, 0.1) is 24.3 Å². The van der Waals surface area contributed by atoms with E-state index in [1.165, 1.54) is 31.4 Å². The monoisotopic (exact) mass is 437 g/mol. The molecular weight excluding hydrogens is 421 g/mol. The number of methoxy groups -OCH3 is 1. The van der Waals surface area contributed by atoms with Crippen molar-refractivity contribution in [2.75, 3.05) is 12.4 Å². The Bertz CT molecular complexity index is 1180. The average molecular weight is 438 g/mol. The largest absolute Gasteiger partial charge is 0.495 e. The minimum atomic E-state index is -0.493. The summed E-state index contributed by atoms with van der Waals surface area (Å²) in [4.78, 5) is 31.5. The van der Waals surface area contributed by atoms with Crippen LogP contribution in [0.1, 0.15) is 11.1 Å². The number of benzene rings is 2. The van der Waals surface area contributed by atoms with Crippen molar-refractivity contribution in [1.29, 1.82) is 0 Å². The molecule has 0 radical (unpaired) electrons. The molecule has 0 bridgehead atoms. The molecule has 4 rings (SSSR count). The molecule has 0 unspecified atom stereocenters. The van der Waals surface area contributed by atoms with Gasteiger partial charge in [0.2, 0.25) is 0 Å². The number of pyridine rings is 1. The van der Waals surface area contributed by atoms with Crippen LogP contribution >= 0.6 is 11.6 Å². The number of nitrogens with zero attached hydrogens (tertiary/aromatic N) is 2. The first-order valence-electron chi connectivity index (χ1n) is 9.34. The summed E-state index contributed by atoms with van der Waals surface area (Å²) in [5.41, 5.74) is 1.94. The van der Waals surface area contributed by atoms with Crippen LogP contribution in [-0.2, 0) is 16.1 Å². The maximum Gasteiger partial charge on any atom is 0.278 e. The van der Waals surface area contributed by atoms with Gasteiger partial charge >= 0.3 is 0 Å². The summed E-state index contributed by atoms with van der Waals surface area (Å²) < 4.78 is 18.6. The van der Waals surface area contributed by atoms with E-state index in [0.717, 1.165) is 10.5 Å². The van der Waals surface area contributed by atoms with Gasteiger partial charge in [-0.2, -0.15) is 0 Å². The number of nitrogens with one attached hydrogen (secondary N) is 1. The number of amides is 2. The number of rotatable bonds is 6. The Hall–Kier alpha value is -3.71. The first kappa shape index (κ1) is 20.6. The lowest BCUT2D eigenvalue weighted by Crippen LogP contribution is -2.32. The number of hydrogen-bond donors (Lipinski definition) is 1. The van der Waals surface area contributed by atoms with Gasteiger partial charge < -0.3 is 10.1 Å². The lowest BCUT2D eigenvalue weighted by atomic mass is 10.0. The van der Waals surface area contributed by atoms with Crippen LogP contribution in [0.25, 0.3) is 5.57 Å². The van der Waals surface area contributed by atoms with Crippen LogP contribution in [-0.4, -0.2) is 28.8 Å².